The van der Waals surface area contributed by atoms with Crippen LogP contribution in [0.5, 0.6) is 0 Å². The summed E-state index contributed by atoms with van der Waals surface area (Å²) in [7, 11) is 0. The number of morpholine rings is 1. The molecule has 4 aromatic heterocycles. The van der Waals surface area contributed by atoms with Gasteiger partial charge in [0.05, 0.1) is 25.4 Å². The Kier molecular flexibility index (Phi) is 6.94. The lowest BCUT2D eigenvalue weighted by atomic mass is 10.2. The molecular weight excluding hydrogens is 505 g/mol. The number of pyridine rings is 2. The van der Waals surface area contributed by atoms with Gasteiger partial charge in [0.15, 0.2) is 17.1 Å². The first-order valence-corrected chi connectivity index (χ1v) is 11.8. The molecule has 2 aliphatic heterocycles. The van der Waals surface area contributed by atoms with Crippen LogP contribution in [0.15, 0.2) is 39.5 Å². The predicted molar refractivity (Wildman–Crippen MR) is 136 cm³/mol. The highest BCUT2D eigenvalue weighted by molar-refractivity contribution is 6.05. The summed E-state index contributed by atoms with van der Waals surface area (Å²) in [5, 5.41) is 2.85. The molecule has 1 atom stereocenters. The maximum absolute atomic E-state index is 14.0. The van der Waals surface area contributed by atoms with E-state index in [0.717, 1.165) is 5.69 Å². The van der Waals surface area contributed by atoms with Crippen LogP contribution in [0.2, 0.25) is 0 Å². The molecule has 2 saturated heterocycles. The number of aryl methyl sites for hydroxylation is 1. The molecule has 0 aromatic carbocycles. The van der Waals surface area contributed by atoms with Crippen LogP contribution in [-0.2, 0) is 4.74 Å². The molecule has 13 heteroatoms. The van der Waals surface area contributed by atoms with Crippen LogP contribution < -0.4 is 15.1 Å². The van der Waals surface area contributed by atoms with Crippen molar-refractivity contribution in [1.29, 1.82) is 0 Å². The number of halogens is 2. The third-order valence-corrected chi connectivity index (χ3v) is 6.19. The highest BCUT2D eigenvalue weighted by Gasteiger charge is 2.28. The van der Waals surface area contributed by atoms with Gasteiger partial charge in [0, 0.05) is 43.2 Å². The molecule has 0 aliphatic carbocycles. The molecule has 0 saturated carbocycles. The smallest absolute Gasteiger partial charge is 0.300 e. The Hall–Kier alpha value is -3.77. The first-order valence-electron chi connectivity index (χ1n) is 11.8. The highest BCUT2D eigenvalue weighted by Crippen LogP contribution is 2.33. The fourth-order valence-electron chi connectivity index (χ4n) is 4.35. The lowest BCUT2D eigenvalue weighted by Crippen LogP contribution is -2.36. The zero-order valence-corrected chi connectivity index (χ0v) is 20.8. The molecule has 11 nitrogen and oxygen atoms in total. The standard InChI is InChI=1S/C24H24FN7O4.ClH/c1-14-10-15(2-4-26-14)23-28-18(13-35-23)22(33)27-17-11-19-20(29-21(17)32-5-3-16(25)12-32)30-24(36-19)31-6-8-34-9-7-31;/h2,4,10-11,13,16H,3,5-9,12H2,1H3,(H,27,33);1H/t16-;/m0./s1. The Labute approximate surface area is 217 Å². The summed E-state index contributed by atoms with van der Waals surface area (Å²) in [6.45, 7) is 5.01. The molecule has 194 valence electrons. The lowest BCUT2D eigenvalue weighted by Gasteiger charge is -2.24. The monoisotopic (exact) mass is 529 g/mol. The van der Waals surface area contributed by atoms with E-state index in [1.807, 2.05) is 17.9 Å². The van der Waals surface area contributed by atoms with Crippen molar-refractivity contribution < 1.29 is 22.8 Å². The van der Waals surface area contributed by atoms with Crippen molar-refractivity contribution in [3.8, 4) is 11.5 Å². The zero-order chi connectivity index (χ0) is 24.6. The number of nitrogens with zero attached hydrogens (tertiary/aromatic N) is 6. The molecule has 0 radical (unpaired) electrons. The molecule has 2 fully saturated rings. The Balaban J connectivity index is 0.00000280. The molecule has 1 N–H and O–H groups in total. The summed E-state index contributed by atoms with van der Waals surface area (Å²) < 4.78 is 30.9. The van der Waals surface area contributed by atoms with Gasteiger partial charge in [0.2, 0.25) is 11.5 Å². The van der Waals surface area contributed by atoms with Crippen molar-refractivity contribution in [1.82, 2.24) is 19.9 Å². The van der Waals surface area contributed by atoms with Crippen LogP contribution in [0, 0.1) is 6.92 Å². The quantitative estimate of drug-likeness (QED) is 0.410. The molecule has 0 spiro atoms. The van der Waals surface area contributed by atoms with Crippen LogP contribution in [-0.4, -0.2) is 71.4 Å². The number of hydrogen-bond donors (Lipinski definition) is 1. The lowest BCUT2D eigenvalue weighted by molar-refractivity contribution is 0.102. The van der Waals surface area contributed by atoms with Crippen LogP contribution in [0.1, 0.15) is 22.6 Å². The number of oxazole rings is 2. The second-order valence-corrected chi connectivity index (χ2v) is 8.79. The SMILES string of the molecule is Cc1cc(-c2nc(C(=O)Nc3cc4oc(N5CCOCC5)nc4nc3N3CC[C@H](F)C3)co2)ccn1.Cl. The largest absolute Gasteiger partial charge is 0.444 e. The van der Waals surface area contributed by atoms with Gasteiger partial charge in [-0.05, 0) is 25.5 Å². The number of aromatic nitrogens is 4. The number of carbonyl (C=O) groups is 1. The van der Waals surface area contributed by atoms with Crippen LogP contribution in [0.25, 0.3) is 22.7 Å². The van der Waals surface area contributed by atoms with Gasteiger partial charge in [-0.15, -0.1) is 12.4 Å². The van der Waals surface area contributed by atoms with Crippen molar-refractivity contribution in [3.05, 3.63) is 42.0 Å². The molecule has 6 heterocycles. The van der Waals surface area contributed by atoms with Gasteiger partial charge in [-0.1, -0.05) is 0 Å². The van der Waals surface area contributed by atoms with E-state index in [9.17, 15) is 9.18 Å². The topological polar surface area (TPSA) is 123 Å². The molecule has 0 unspecified atom stereocenters. The molecule has 6 rings (SSSR count). The first kappa shape index (κ1) is 24.9. The van der Waals surface area contributed by atoms with Gasteiger partial charge in [0.25, 0.3) is 11.9 Å². The second kappa shape index (κ2) is 10.3. The number of amides is 1. The van der Waals surface area contributed by atoms with E-state index in [-0.39, 0.29) is 24.6 Å². The van der Waals surface area contributed by atoms with Gasteiger partial charge < -0.3 is 28.7 Å². The van der Waals surface area contributed by atoms with E-state index in [0.29, 0.717) is 79.5 Å². The average molecular weight is 530 g/mol. The van der Waals surface area contributed by atoms with E-state index in [2.05, 4.69) is 25.3 Å². The van der Waals surface area contributed by atoms with E-state index in [1.54, 1.807) is 23.2 Å². The Bertz CT molecular complexity index is 1420. The number of nitrogens with one attached hydrogen (secondary N) is 1. The molecule has 37 heavy (non-hydrogen) atoms. The Morgan fingerprint density at radius 3 is 2.73 bits per heavy atom. The van der Waals surface area contributed by atoms with Gasteiger partial charge in [-0.3, -0.25) is 9.78 Å². The summed E-state index contributed by atoms with van der Waals surface area (Å²) in [4.78, 5) is 34.6. The summed E-state index contributed by atoms with van der Waals surface area (Å²) in [5.41, 5.74) is 2.82. The minimum Gasteiger partial charge on any atom is -0.444 e. The molecule has 0 bridgehead atoms. The van der Waals surface area contributed by atoms with Gasteiger partial charge in [-0.25, -0.2) is 14.4 Å². The Morgan fingerprint density at radius 1 is 1.14 bits per heavy atom. The fourth-order valence-corrected chi connectivity index (χ4v) is 4.35. The van der Waals surface area contributed by atoms with E-state index in [1.165, 1.54) is 6.26 Å². The normalized spacial score (nSPS) is 17.7. The number of alkyl halides is 1. The number of rotatable bonds is 5. The highest BCUT2D eigenvalue weighted by atomic mass is 35.5. The van der Waals surface area contributed by atoms with E-state index >= 15 is 0 Å². The molecule has 4 aromatic rings. The minimum atomic E-state index is -0.964. The van der Waals surface area contributed by atoms with Gasteiger partial charge in [0.1, 0.15) is 12.4 Å². The minimum absolute atomic E-state index is 0. The van der Waals surface area contributed by atoms with Crippen molar-refractivity contribution in [2.45, 2.75) is 19.5 Å². The van der Waals surface area contributed by atoms with Crippen molar-refractivity contribution in [2.24, 2.45) is 0 Å². The van der Waals surface area contributed by atoms with Crippen molar-refractivity contribution in [3.63, 3.8) is 0 Å². The van der Waals surface area contributed by atoms with Crippen molar-refractivity contribution >= 4 is 47.1 Å². The van der Waals surface area contributed by atoms with Crippen LogP contribution in [0.3, 0.4) is 0 Å². The molecule has 1 amide bonds. The third kappa shape index (κ3) is 5.07. The van der Waals surface area contributed by atoms with Gasteiger partial charge >= 0.3 is 0 Å². The predicted octanol–water partition coefficient (Wildman–Crippen LogP) is 3.64. The van der Waals surface area contributed by atoms with Crippen LogP contribution in [0.4, 0.5) is 21.9 Å². The summed E-state index contributed by atoms with van der Waals surface area (Å²) in [6.07, 6.45) is 2.38. The number of carbonyl (C=O) groups excluding carboxylic acids is 1. The molecular formula is C24H25ClFN7O4. The summed E-state index contributed by atoms with van der Waals surface area (Å²) >= 11 is 0. The van der Waals surface area contributed by atoms with E-state index < -0.39 is 12.1 Å². The first-order chi connectivity index (χ1) is 17.5. The number of fused-ring (bicyclic) bond motifs is 1. The molecule has 2 aliphatic rings. The third-order valence-electron chi connectivity index (χ3n) is 6.19. The summed E-state index contributed by atoms with van der Waals surface area (Å²) in [6, 6.07) is 5.69. The Morgan fingerprint density at radius 2 is 1.97 bits per heavy atom. The van der Waals surface area contributed by atoms with Crippen molar-refractivity contribution in [2.75, 3.05) is 54.5 Å². The maximum atomic E-state index is 14.0. The number of ether oxygens (including phenoxy) is 1. The zero-order valence-electron chi connectivity index (χ0n) is 20.0. The van der Waals surface area contributed by atoms with Gasteiger partial charge in [-0.2, -0.15) is 4.98 Å². The van der Waals surface area contributed by atoms with E-state index in [4.69, 9.17) is 13.6 Å². The second-order valence-electron chi connectivity index (χ2n) is 8.79. The van der Waals surface area contributed by atoms with Crippen LogP contribution >= 0.6 is 12.4 Å². The number of hydrogen-bond acceptors (Lipinski definition) is 10. The average Bonchev–Trinajstić information content (AvgIpc) is 3.63. The fraction of sp³-hybridized carbons (Fsp3) is 0.375. The number of anilines is 3. The maximum Gasteiger partial charge on any atom is 0.300 e. The summed E-state index contributed by atoms with van der Waals surface area (Å²) in [5.74, 6) is 0.262.